The first-order chi connectivity index (χ1) is 10.6. The van der Waals surface area contributed by atoms with Gasteiger partial charge in [0.2, 0.25) is 0 Å². The van der Waals surface area contributed by atoms with Gasteiger partial charge in [0.25, 0.3) is 0 Å². The summed E-state index contributed by atoms with van der Waals surface area (Å²) in [5, 5.41) is 9.13. The summed E-state index contributed by atoms with van der Waals surface area (Å²) in [7, 11) is 0. The van der Waals surface area contributed by atoms with E-state index in [4.69, 9.17) is 14.6 Å². The minimum absolute atomic E-state index is 0.0849. The van der Waals surface area contributed by atoms with Crippen molar-refractivity contribution in [3.8, 4) is 11.5 Å². The number of rotatable bonds is 3. The lowest BCUT2D eigenvalue weighted by Gasteiger charge is -2.22. The van der Waals surface area contributed by atoms with Crippen molar-refractivity contribution in [2.75, 3.05) is 6.61 Å². The predicted molar refractivity (Wildman–Crippen MR) is 79.9 cm³/mol. The van der Waals surface area contributed by atoms with E-state index in [1.165, 1.54) is 12.2 Å². The van der Waals surface area contributed by atoms with E-state index in [0.717, 1.165) is 5.56 Å². The highest BCUT2D eigenvalue weighted by Gasteiger charge is 2.28. The SMILES string of the molecule is CC1=C(C(=O)O)C=CC(=O)C1Oc1ccc2c(c1)OCC=C2. The van der Waals surface area contributed by atoms with Crippen LogP contribution in [0.15, 0.2) is 47.6 Å². The topological polar surface area (TPSA) is 72.8 Å². The lowest BCUT2D eigenvalue weighted by atomic mass is 9.95. The zero-order valence-corrected chi connectivity index (χ0v) is 11.9. The average Bonchev–Trinajstić information content (AvgIpc) is 2.51. The van der Waals surface area contributed by atoms with Gasteiger partial charge in [-0.2, -0.15) is 0 Å². The maximum atomic E-state index is 12.0. The number of fused-ring (bicyclic) bond motifs is 1. The number of aliphatic carboxylic acids is 1. The van der Waals surface area contributed by atoms with Gasteiger partial charge in [-0.3, -0.25) is 4.79 Å². The highest BCUT2D eigenvalue weighted by atomic mass is 16.5. The molecule has 1 unspecified atom stereocenters. The first-order valence-corrected chi connectivity index (χ1v) is 6.82. The van der Waals surface area contributed by atoms with Gasteiger partial charge in [-0.25, -0.2) is 4.79 Å². The van der Waals surface area contributed by atoms with Crippen LogP contribution in [0.2, 0.25) is 0 Å². The van der Waals surface area contributed by atoms with Gasteiger partial charge in [-0.1, -0.05) is 6.08 Å². The molecule has 0 saturated carbocycles. The molecule has 0 spiro atoms. The Bertz CT molecular complexity index is 739. The fraction of sp³-hybridized carbons (Fsp3) is 0.176. The van der Waals surface area contributed by atoms with Gasteiger partial charge in [0.05, 0.1) is 5.57 Å². The van der Waals surface area contributed by atoms with E-state index in [1.54, 1.807) is 19.1 Å². The molecular formula is C17H14O5. The van der Waals surface area contributed by atoms with E-state index >= 15 is 0 Å². The molecule has 0 saturated heterocycles. The van der Waals surface area contributed by atoms with Crippen LogP contribution in [0.3, 0.4) is 0 Å². The number of hydrogen-bond donors (Lipinski definition) is 1. The van der Waals surface area contributed by atoms with Gasteiger partial charge in [0, 0.05) is 11.6 Å². The maximum absolute atomic E-state index is 12.0. The zero-order valence-electron chi connectivity index (χ0n) is 11.9. The second kappa shape index (κ2) is 5.52. The molecule has 1 N–H and O–H groups in total. The number of carbonyl (C=O) groups excluding carboxylic acids is 1. The van der Waals surface area contributed by atoms with Gasteiger partial charge < -0.3 is 14.6 Å². The Hall–Kier alpha value is -2.82. The third-order valence-corrected chi connectivity index (χ3v) is 3.59. The van der Waals surface area contributed by atoms with Gasteiger partial charge in [0.15, 0.2) is 11.9 Å². The van der Waals surface area contributed by atoms with Crippen LogP contribution in [-0.4, -0.2) is 29.6 Å². The number of benzene rings is 1. The Labute approximate surface area is 127 Å². The summed E-state index contributed by atoms with van der Waals surface area (Å²) in [5.74, 6) is -0.208. The lowest BCUT2D eigenvalue weighted by Crippen LogP contribution is -2.31. The summed E-state index contributed by atoms with van der Waals surface area (Å²) in [6, 6.07) is 5.27. The number of hydrogen-bond acceptors (Lipinski definition) is 4. The van der Waals surface area contributed by atoms with E-state index in [-0.39, 0.29) is 11.4 Å². The van der Waals surface area contributed by atoms with Crippen molar-refractivity contribution in [3.05, 3.63) is 53.1 Å². The second-order valence-electron chi connectivity index (χ2n) is 5.05. The van der Waals surface area contributed by atoms with Crippen molar-refractivity contribution in [2.45, 2.75) is 13.0 Å². The van der Waals surface area contributed by atoms with Crippen LogP contribution in [0.25, 0.3) is 6.08 Å². The zero-order chi connectivity index (χ0) is 15.7. The molecule has 2 aliphatic rings. The van der Waals surface area contributed by atoms with Gasteiger partial charge in [-0.15, -0.1) is 0 Å². The first kappa shape index (κ1) is 14.1. The Morgan fingerprint density at radius 3 is 2.91 bits per heavy atom. The van der Waals surface area contributed by atoms with Crippen LogP contribution in [0.4, 0.5) is 0 Å². The summed E-state index contributed by atoms with van der Waals surface area (Å²) >= 11 is 0. The van der Waals surface area contributed by atoms with Crippen molar-refractivity contribution in [3.63, 3.8) is 0 Å². The van der Waals surface area contributed by atoms with Crippen LogP contribution in [0.1, 0.15) is 12.5 Å². The molecule has 1 aromatic rings. The molecule has 1 heterocycles. The normalized spacial score (nSPS) is 19.7. The van der Waals surface area contributed by atoms with Gasteiger partial charge >= 0.3 is 5.97 Å². The van der Waals surface area contributed by atoms with Crippen molar-refractivity contribution in [1.82, 2.24) is 0 Å². The van der Waals surface area contributed by atoms with Crippen molar-refractivity contribution in [2.24, 2.45) is 0 Å². The van der Waals surface area contributed by atoms with Gasteiger partial charge in [0.1, 0.15) is 18.1 Å². The van der Waals surface area contributed by atoms with E-state index in [0.29, 0.717) is 23.7 Å². The molecule has 1 aromatic carbocycles. The minimum Gasteiger partial charge on any atom is -0.489 e. The predicted octanol–water partition coefficient (Wildman–Crippen LogP) is 2.38. The molecule has 1 aliphatic carbocycles. The molecule has 0 aromatic heterocycles. The molecule has 3 rings (SSSR count). The minimum atomic E-state index is -1.08. The Balaban J connectivity index is 1.89. The quantitative estimate of drug-likeness (QED) is 0.927. The molecule has 0 radical (unpaired) electrons. The molecule has 0 bridgehead atoms. The van der Waals surface area contributed by atoms with Crippen molar-refractivity contribution < 1.29 is 24.2 Å². The summed E-state index contributed by atoms with van der Waals surface area (Å²) in [6.07, 6.45) is 5.47. The third kappa shape index (κ3) is 2.53. The third-order valence-electron chi connectivity index (χ3n) is 3.59. The standard InChI is InChI=1S/C17H14O5/c1-10-13(17(19)20)6-7-14(18)16(10)22-12-5-4-11-3-2-8-21-15(11)9-12/h2-7,9,16H,8H2,1H3,(H,19,20). The largest absolute Gasteiger partial charge is 0.489 e. The maximum Gasteiger partial charge on any atom is 0.335 e. The first-order valence-electron chi connectivity index (χ1n) is 6.82. The lowest BCUT2D eigenvalue weighted by molar-refractivity contribution is -0.132. The number of ether oxygens (including phenoxy) is 2. The average molecular weight is 298 g/mol. The number of carboxylic acids is 1. The number of carbonyl (C=O) groups is 2. The molecule has 22 heavy (non-hydrogen) atoms. The van der Waals surface area contributed by atoms with E-state index in [9.17, 15) is 9.59 Å². The van der Waals surface area contributed by atoms with Gasteiger partial charge in [-0.05, 0) is 42.9 Å². The van der Waals surface area contributed by atoms with Crippen molar-refractivity contribution >= 4 is 17.8 Å². The highest BCUT2D eigenvalue weighted by Crippen LogP contribution is 2.30. The Kier molecular flexibility index (Phi) is 3.55. The van der Waals surface area contributed by atoms with E-state index in [1.807, 2.05) is 18.2 Å². The molecule has 5 heteroatoms. The molecule has 112 valence electrons. The van der Waals surface area contributed by atoms with Crippen molar-refractivity contribution in [1.29, 1.82) is 0 Å². The summed E-state index contributed by atoms with van der Waals surface area (Å²) in [4.78, 5) is 23.1. The fourth-order valence-corrected chi connectivity index (χ4v) is 2.43. The van der Waals surface area contributed by atoms with Crippen LogP contribution < -0.4 is 9.47 Å². The number of ketones is 1. The van der Waals surface area contributed by atoms with E-state index in [2.05, 4.69) is 0 Å². The monoisotopic (exact) mass is 298 g/mol. The number of carboxylic acid groups (broad SMARTS) is 1. The molecule has 1 atom stereocenters. The van der Waals surface area contributed by atoms with Crippen LogP contribution in [0.5, 0.6) is 11.5 Å². The van der Waals surface area contributed by atoms with E-state index < -0.39 is 12.1 Å². The van der Waals surface area contributed by atoms with Crippen LogP contribution in [-0.2, 0) is 9.59 Å². The summed E-state index contributed by atoms with van der Waals surface area (Å²) in [6.45, 7) is 2.08. The molecule has 0 fully saturated rings. The summed E-state index contributed by atoms with van der Waals surface area (Å²) < 4.78 is 11.2. The van der Waals surface area contributed by atoms with Crippen LogP contribution >= 0.6 is 0 Å². The van der Waals surface area contributed by atoms with Crippen LogP contribution in [0, 0.1) is 0 Å². The highest BCUT2D eigenvalue weighted by molar-refractivity contribution is 6.03. The smallest absolute Gasteiger partial charge is 0.335 e. The fourth-order valence-electron chi connectivity index (χ4n) is 2.43. The molecule has 0 amide bonds. The Morgan fingerprint density at radius 1 is 1.32 bits per heavy atom. The Morgan fingerprint density at radius 2 is 2.14 bits per heavy atom. The molecule has 5 nitrogen and oxygen atoms in total. The summed E-state index contributed by atoms with van der Waals surface area (Å²) in [5.41, 5.74) is 1.41. The second-order valence-corrected chi connectivity index (χ2v) is 5.05. The molecule has 1 aliphatic heterocycles. The molecular weight excluding hydrogens is 284 g/mol.